The van der Waals surface area contributed by atoms with Gasteiger partial charge in [0.2, 0.25) is 5.91 Å². The maximum Gasteiger partial charge on any atom is 0.226 e. The monoisotopic (exact) mass is 290 g/mol. The van der Waals surface area contributed by atoms with Crippen molar-refractivity contribution in [2.75, 3.05) is 36.5 Å². The topological polar surface area (TPSA) is 80.5 Å². The quantitative estimate of drug-likeness (QED) is 0.869. The Bertz CT molecular complexity index is 493. The second-order valence-electron chi connectivity index (χ2n) is 5.95. The van der Waals surface area contributed by atoms with Crippen molar-refractivity contribution >= 4 is 17.4 Å². The maximum absolute atomic E-state index is 12.0. The van der Waals surface area contributed by atoms with E-state index in [4.69, 9.17) is 10.5 Å². The van der Waals surface area contributed by atoms with E-state index in [1.165, 1.54) is 0 Å². The number of nitrogens with two attached hydrogens (primary N) is 1. The van der Waals surface area contributed by atoms with Crippen LogP contribution >= 0.6 is 0 Å². The number of carbonyl (C=O) groups is 1. The van der Waals surface area contributed by atoms with Crippen LogP contribution in [-0.2, 0) is 9.53 Å². The molecule has 1 amide bonds. The third-order valence-corrected chi connectivity index (χ3v) is 4.23. The molecule has 0 radical (unpaired) electrons. The van der Waals surface area contributed by atoms with Crippen molar-refractivity contribution in [3.63, 3.8) is 0 Å². The summed E-state index contributed by atoms with van der Waals surface area (Å²) in [6.07, 6.45) is 5.09. The first-order valence-corrected chi connectivity index (χ1v) is 7.52. The predicted molar refractivity (Wildman–Crippen MR) is 81.3 cm³/mol. The van der Waals surface area contributed by atoms with Crippen LogP contribution in [0.4, 0.5) is 11.5 Å². The Kier molecular flexibility index (Phi) is 4.07. The number of hydrogen-bond acceptors (Lipinski definition) is 5. The highest BCUT2D eigenvalue weighted by molar-refractivity contribution is 5.91. The molecule has 1 aliphatic carbocycles. The number of pyridine rings is 1. The lowest BCUT2D eigenvalue weighted by atomic mass is 9.75. The molecule has 1 aromatic rings. The molecule has 1 saturated heterocycles. The second-order valence-corrected chi connectivity index (χ2v) is 5.95. The van der Waals surface area contributed by atoms with Gasteiger partial charge in [-0.1, -0.05) is 0 Å². The van der Waals surface area contributed by atoms with E-state index in [9.17, 15) is 4.79 Å². The summed E-state index contributed by atoms with van der Waals surface area (Å²) in [5.41, 5.74) is 6.52. The van der Waals surface area contributed by atoms with Crippen molar-refractivity contribution < 1.29 is 9.53 Å². The summed E-state index contributed by atoms with van der Waals surface area (Å²) in [4.78, 5) is 18.6. The smallest absolute Gasteiger partial charge is 0.226 e. The van der Waals surface area contributed by atoms with Gasteiger partial charge in [-0.15, -0.1) is 0 Å². The van der Waals surface area contributed by atoms with E-state index < -0.39 is 0 Å². The highest BCUT2D eigenvalue weighted by Gasteiger charge is 2.34. The number of anilines is 2. The predicted octanol–water partition coefficient (Wildman–Crippen LogP) is 1.13. The zero-order chi connectivity index (χ0) is 14.7. The highest BCUT2D eigenvalue weighted by Crippen LogP contribution is 2.32. The van der Waals surface area contributed by atoms with Gasteiger partial charge in [0.25, 0.3) is 0 Å². The minimum Gasteiger partial charge on any atom is -0.378 e. The van der Waals surface area contributed by atoms with Gasteiger partial charge in [-0.2, -0.15) is 0 Å². The van der Waals surface area contributed by atoms with Crippen LogP contribution in [0.3, 0.4) is 0 Å². The zero-order valence-electron chi connectivity index (χ0n) is 12.2. The first kappa shape index (κ1) is 14.3. The molecule has 3 rings (SSSR count). The van der Waals surface area contributed by atoms with Crippen molar-refractivity contribution in [1.82, 2.24) is 4.98 Å². The summed E-state index contributed by atoms with van der Waals surface area (Å²) in [6, 6.07) is 3.82. The molecular formula is C15H22N4O2. The summed E-state index contributed by atoms with van der Waals surface area (Å²) < 4.78 is 5.32. The molecule has 0 aromatic carbocycles. The van der Waals surface area contributed by atoms with Crippen molar-refractivity contribution in [2.24, 2.45) is 5.73 Å². The molecule has 6 nitrogen and oxygen atoms in total. The molecule has 0 spiro atoms. The third-order valence-electron chi connectivity index (χ3n) is 4.23. The lowest BCUT2D eigenvalue weighted by Crippen LogP contribution is -2.48. The summed E-state index contributed by atoms with van der Waals surface area (Å²) >= 11 is 0. The van der Waals surface area contributed by atoms with Gasteiger partial charge in [0.15, 0.2) is 0 Å². The fourth-order valence-electron chi connectivity index (χ4n) is 2.77. The molecule has 2 fully saturated rings. The number of nitrogens with zero attached hydrogens (tertiary/aromatic N) is 2. The van der Waals surface area contributed by atoms with E-state index in [0.717, 1.165) is 57.1 Å². The van der Waals surface area contributed by atoms with Crippen LogP contribution in [0.2, 0.25) is 0 Å². The molecule has 21 heavy (non-hydrogen) atoms. The minimum atomic E-state index is -0.286. The number of nitrogens with one attached hydrogen (secondary N) is 1. The largest absolute Gasteiger partial charge is 0.378 e. The molecule has 1 saturated carbocycles. The molecule has 1 aliphatic heterocycles. The van der Waals surface area contributed by atoms with Crippen molar-refractivity contribution in [3.05, 3.63) is 18.3 Å². The summed E-state index contributed by atoms with van der Waals surface area (Å²) in [6.45, 7) is 3.18. The average Bonchev–Trinajstić information content (AvgIpc) is 2.47. The van der Waals surface area contributed by atoms with Crippen LogP contribution in [0, 0.1) is 0 Å². The SMILES string of the molecule is NC1(CC(=O)Nc2ccc(N3CCOCC3)nc2)CCC1. The molecule has 3 N–H and O–H groups in total. The third kappa shape index (κ3) is 3.51. The van der Waals surface area contributed by atoms with E-state index in [-0.39, 0.29) is 11.4 Å². The van der Waals surface area contributed by atoms with Gasteiger partial charge >= 0.3 is 0 Å². The molecule has 114 valence electrons. The van der Waals surface area contributed by atoms with Gasteiger partial charge < -0.3 is 20.7 Å². The molecular weight excluding hydrogens is 268 g/mol. The van der Waals surface area contributed by atoms with Crippen LogP contribution in [-0.4, -0.2) is 42.7 Å². The number of hydrogen-bond donors (Lipinski definition) is 2. The Morgan fingerprint density at radius 1 is 1.38 bits per heavy atom. The lowest BCUT2D eigenvalue weighted by Gasteiger charge is -2.37. The van der Waals surface area contributed by atoms with Gasteiger partial charge in [-0.25, -0.2) is 4.98 Å². The fraction of sp³-hybridized carbons (Fsp3) is 0.600. The van der Waals surface area contributed by atoms with Crippen molar-refractivity contribution in [1.29, 1.82) is 0 Å². The Balaban J connectivity index is 1.55. The molecule has 0 atom stereocenters. The van der Waals surface area contributed by atoms with E-state index in [2.05, 4.69) is 15.2 Å². The number of carbonyl (C=O) groups excluding carboxylic acids is 1. The first-order chi connectivity index (χ1) is 10.1. The zero-order valence-corrected chi connectivity index (χ0v) is 12.2. The summed E-state index contributed by atoms with van der Waals surface area (Å²) in [5.74, 6) is 0.892. The van der Waals surface area contributed by atoms with E-state index in [0.29, 0.717) is 6.42 Å². The summed E-state index contributed by atoms with van der Waals surface area (Å²) in [5, 5.41) is 2.87. The van der Waals surface area contributed by atoms with Crippen LogP contribution in [0.1, 0.15) is 25.7 Å². The number of morpholine rings is 1. The van der Waals surface area contributed by atoms with E-state index >= 15 is 0 Å². The molecule has 0 unspecified atom stereocenters. The van der Waals surface area contributed by atoms with Gasteiger partial charge in [-0.05, 0) is 31.4 Å². The minimum absolute atomic E-state index is 0.0295. The average molecular weight is 290 g/mol. The van der Waals surface area contributed by atoms with Crippen LogP contribution in [0.25, 0.3) is 0 Å². The Labute approximate surface area is 124 Å². The molecule has 6 heteroatoms. The van der Waals surface area contributed by atoms with E-state index in [1.807, 2.05) is 12.1 Å². The number of ether oxygens (including phenoxy) is 1. The van der Waals surface area contributed by atoms with Crippen LogP contribution in [0.15, 0.2) is 18.3 Å². The second kappa shape index (κ2) is 5.99. The Morgan fingerprint density at radius 2 is 2.14 bits per heavy atom. The number of amides is 1. The van der Waals surface area contributed by atoms with Crippen LogP contribution < -0.4 is 16.0 Å². The molecule has 2 aliphatic rings. The number of rotatable bonds is 4. The Morgan fingerprint density at radius 3 is 2.71 bits per heavy atom. The Hall–Kier alpha value is -1.66. The molecule has 1 aromatic heterocycles. The standard InChI is InChI=1S/C15H22N4O2/c16-15(4-1-5-15)10-14(20)18-12-2-3-13(17-11-12)19-6-8-21-9-7-19/h2-3,11H,1,4-10,16H2,(H,18,20). The summed E-state index contributed by atoms with van der Waals surface area (Å²) in [7, 11) is 0. The highest BCUT2D eigenvalue weighted by atomic mass is 16.5. The first-order valence-electron chi connectivity index (χ1n) is 7.52. The maximum atomic E-state index is 12.0. The van der Waals surface area contributed by atoms with Gasteiger partial charge in [0.05, 0.1) is 25.1 Å². The molecule has 0 bridgehead atoms. The van der Waals surface area contributed by atoms with Gasteiger partial charge in [0.1, 0.15) is 5.82 Å². The molecule has 2 heterocycles. The van der Waals surface area contributed by atoms with E-state index in [1.54, 1.807) is 6.20 Å². The van der Waals surface area contributed by atoms with Crippen molar-refractivity contribution in [3.8, 4) is 0 Å². The van der Waals surface area contributed by atoms with Gasteiger partial charge in [-0.3, -0.25) is 4.79 Å². The fourth-order valence-corrected chi connectivity index (χ4v) is 2.77. The lowest BCUT2D eigenvalue weighted by molar-refractivity contribution is -0.118. The van der Waals surface area contributed by atoms with Crippen LogP contribution in [0.5, 0.6) is 0 Å². The number of aromatic nitrogens is 1. The van der Waals surface area contributed by atoms with Crippen molar-refractivity contribution in [2.45, 2.75) is 31.2 Å². The van der Waals surface area contributed by atoms with Gasteiger partial charge in [0, 0.05) is 25.0 Å². The normalized spacial score (nSPS) is 20.7.